The number of rotatable bonds is 8. The van der Waals surface area contributed by atoms with Gasteiger partial charge in [0.1, 0.15) is 12.4 Å². The Hall–Kier alpha value is -2.04. The molecular weight excluding hydrogens is 292 g/mol. The number of aryl methyl sites for hydroxylation is 1. The molecule has 0 fully saturated rings. The van der Waals surface area contributed by atoms with Crippen LogP contribution in [0.15, 0.2) is 24.3 Å². The second kappa shape index (κ2) is 9.18. The number of ether oxygens (including phenoxy) is 1. The van der Waals surface area contributed by atoms with Gasteiger partial charge in [0.15, 0.2) is 0 Å². The summed E-state index contributed by atoms with van der Waals surface area (Å²) in [5, 5.41) is 5.63. The zero-order chi connectivity index (χ0) is 17.3. The third-order valence-electron chi connectivity index (χ3n) is 3.26. The number of carbonyl (C=O) groups is 2. The highest BCUT2D eigenvalue weighted by Gasteiger charge is 2.20. The first kappa shape index (κ1) is 19.0. The van der Waals surface area contributed by atoms with Crippen molar-refractivity contribution >= 4 is 11.8 Å². The minimum absolute atomic E-state index is 0.00408. The van der Waals surface area contributed by atoms with Crippen LogP contribution in [-0.2, 0) is 9.59 Å². The first-order chi connectivity index (χ1) is 10.8. The van der Waals surface area contributed by atoms with Crippen LogP contribution < -0.4 is 15.4 Å². The summed E-state index contributed by atoms with van der Waals surface area (Å²) in [6, 6.07) is 7.80. The van der Waals surface area contributed by atoms with Crippen LogP contribution in [0.5, 0.6) is 5.75 Å². The molecule has 2 N–H and O–H groups in total. The monoisotopic (exact) mass is 320 g/mol. The summed E-state index contributed by atoms with van der Waals surface area (Å²) >= 11 is 0. The standard InChI is InChI=1S/C18H28N2O3/c1-14-7-9-15(10-8-14)23-13-12-19-16(21)6-5-11-20-17(22)18(2,3)4/h7-10H,5-6,11-13H2,1-4H3,(H,19,21)(H,20,22). The Kier molecular flexibility index (Phi) is 7.59. The minimum atomic E-state index is -0.393. The fraction of sp³-hybridized carbons (Fsp3) is 0.556. The van der Waals surface area contributed by atoms with Gasteiger partial charge in [-0.3, -0.25) is 9.59 Å². The molecule has 0 atom stereocenters. The zero-order valence-electron chi connectivity index (χ0n) is 14.6. The van der Waals surface area contributed by atoms with E-state index in [-0.39, 0.29) is 11.8 Å². The van der Waals surface area contributed by atoms with E-state index in [1.54, 1.807) is 0 Å². The maximum atomic E-state index is 11.7. The van der Waals surface area contributed by atoms with Crippen molar-refractivity contribution in [3.05, 3.63) is 29.8 Å². The van der Waals surface area contributed by atoms with E-state index in [9.17, 15) is 9.59 Å². The fourth-order valence-corrected chi connectivity index (χ4v) is 1.80. The summed E-state index contributed by atoms with van der Waals surface area (Å²) in [5.41, 5.74) is 0.791. The number of hydrogen-bond donors (Lipinski definition) is 2. The summed E-state index contributed by atoms with van der Waals surface area (Å²) < 4.78 is 5.53. The van der Waals surface area contributed by atoms with E-state index in [2.05, 4.69) is 10.6 Å². The Morgan fingerprint density at radius 1 is 1.04 bits per heavy atom. The molecule has 128 valence electrons. The first-order valence-electron chi connectivity index (χ1n) is 8.03. The molecule has 0 spiro atoms. The van der Waals surface area contributed by atoms with Crippen molar-refractivity contribution in [3.63, 3.8) is 0 Å². The number of amides is 2. The zero-order valence-corrected chi connectivity index (χ0v) is 14.6. The molecule has 0 saturated carbocycles. The van der Waals surface area contributed by atoms with Gasteiger partial charge in [0.25, 0.3) is 0 Å². The number of hydrogen-bond acceptors (Lipinski definition) is 3. The van der Waals surface area contributed by atoms with Gasteiger partial charge in [-0.05, 0) is 25.5 Å². The van der Waals surface area contributed by atoms with Crippen molar-refractivity contribution in [2.24, 2.45) is 5.41 Å². The molecule has 0 heterocycles. The van der Waals surface area contributed by atoms with Gasteiger partial charge in [-0.2, -0.15) is 0 Å². The van der Waals surface area contributed by atoms with Crippen LogP contribution in [0, 0.1) is 12.3 Å². The maximum Gasteiger partial charge on any atom is 0.225 e. The fourth-order valence-electron chi connectivity index (χ4n) is 1.80. The van der Waals surface area contributed by atoms with Crippen LogP contribution in [0.25, 0.3) is 0 Å². The Balaban J connectivity index is 2.06. The molecule has 1 aromatic rings. The van der Waals surface area contributed by atoms with Crippen molar-refractivity contribution in [2.75, 3.05) is 19.7 Å². The molecule has 1 rings (SSSR count). The average molecular weight is 320 g/mol. The van der Waals surface area contributed by atoms with Gasteiger partial charge < -0.3 is 15.4 Å². The summed E-state index contributed by atoms with van der Waals surface area (Å²) in [6.07, 6.45) is 1.03. The smallest absolute Gasteiger partial charge is 0.225 e. The highest BCUT2D eigenvalue weighted by Crippen LogP contribution is 2.12. The van der Waals surface area contributed by atoms with Crippen LogP contribution >= 0.6 is 0 Å². The van der Waals surface area contributed by atoms with E-state index in [4.69, 9.17) is 4.74 Å². The molecule has 5 heteroatoms. The summed E-state index contributed by atoms with van der Waals surface area (Å²) in [5.74, 6) is 0.779. The molecule has 0 saturated heterocycles. The van der Waals surface area contributed by atoms with Crippen molar-refractivity contribution in [1.29, 1.82) is 0 Å². The number of benzene rings is 1. The van der Waals surface area contributed by atoms with Crippen LogP contribution in [0.1, 0.15) is 39.2 Å². The lowest BCUT2D eigenvalue weighted by Gasteiger charge is -2.17. The van der Waals surface area contributed by atoms with Crippen LogP contribution in [-0.4, -0.2) is 31.5 Å². The maximum absolute atomic E-state index is 11.7. The molecule has 2 amide bonds. The molecule has 0 unspecified atom stereocenters. The molecule has 0 radical (unpaired) electrons. The lowest BCUT2D eigenvalue weighted by atomic mass is 9.96. The van der Waals surface area contributed by atoms with Gasteiger partial charge in [0.2, 0.25) is 11.8 Å². The van der Waals surface area contributed by atoms with Crippen LogP contribution in [0.3, 0.4) is 0 Å². The molecule has 0 aliphatic rings. The minimum Gasteiger partial charge on any atom is -0.492 e. The van der Waals surface area contributed by atoms with Gasteiger partial charge in [-0.25, -0.2) is 0 Å². The molecule has 0 aromatic heterocycles. The largest absolute Gasteiger partial charge is 0.492 e. The second-order valence-corrected chi connectivity index (χ2v) is 6.62. The van der Waals surface area contributed by atoms with Crippen LogP contribution in [0.2, 0.25) is 0 Å². The predicted octanol–water partition coefficient (Wildman–Crippen LogP) is 2.43. The van der Waals surface area contributed by atoms with Crippen molar-refractivity contribution < 1.29 is 14.3 Å². The number of nitrogens with one attached hydrogen (secondary N) is 2. The van der Waals surface area contributed by atoms with Gasteiger partial charge in [-0.1, -0.05) is 38.5 Å². The SMILES string of the molecule is Cc1ccc(OCCNC(=O)CCCNC(=O)C(C)(C)C)cc1. The van der Waals surface area contributed by atoms with Crippen molar-refractivity contribution in [3.8, 4) is 5.75 Å². The van der Waals surface area contributed by atoms with E-state index in [1.807, 2.05) is 52.0 Å². The predicted molar refractivity (Wildman–Crippen MR) is 91.4 cm³/mol. The molecule has 5 nitrogen and oxygen atoms in total. The topological polar surface area (TPSA) is 67.4 Å². The molecule has 23 heavy (non-hydrogen) atoms. The summed E-state index contributed by atoms with van der Waals surface area (Å²) in [6.45, 7) is 9.04. The van der Waals surface area contributed by atoms with E-state index in [0.717, 1.165) is 5.75 Å². The first-order valence-corrected chi connectivity index (χ1v) is 8.03. The van der Waals surface area contributed by atoms with Gasteiger partial charge in [-0.15, -0.1) is 0 Å². The van der Waals surface area contributed by atoms with Gasteiger partial charge >= 0.3 is 0 Å². The van der Waals surface area contributed by atoms with E-state index in [0.29, 0.717) is 32.5 Å². The molecule has 0 aliphatic carbocycles. The van der Waals surface area contributed by atoms with Crippen molar-refractivity contribution in [2.45, 2.75) is 40.5 Å². The Labute approximate surface area is 138 Å². The Morgan fingerprint density at radius 3 is 2.30 bits per heavy atom. The van der Waals surface area contributed by atoms with Gasteiger partial charge in [0, 0.05) is 18.4 Å². The van der Waals surface area contributed by atoms with Crippen LogP contribution in [0.4, 0.5) is 0 Å². The number of carbonyl (C=O) groups excluding carboxylic acids is 2. The normalized spacial score (nSPS) is 11.0. The molecule has 0 bridgehead atoms. The van der Waals surface area contributed by atoms with E-state index in [1.165, 1.54) is 5.56 Å². The third-order valence-corrected chi connectivity index (χ3v) is 3.26. The summed E-state index contributed by atoms with van der Waals surface area (Å²) in [4.78, 5) is 23.3. The van der Waals surface area contributed by atoms with Crippen molar-refractivity contribution in [1.82, 2.24) is 10.6 Å². The van der Waals surface area contributed by atoms with Gasteiger partial charge in [0.05, 0.1) is 6.54 Å². The molecule has 0 aliphatic heterocycles. The molecule has 1 aromatic carbocycles. The summed E-state index contributed by atoms with van der Waals surface area (Å²) in [7, 11) is 0. The lowest BCUT2D eigenvalue weighted by Crippen LogP contribution is -2.36. The molecular formula is C18H28N2O3. The lowest BCUT2D eigenvalue weighted by molar-refractivity contribution is -0.128. The van der Waals surface area contributed by atoms with E-state index >= 15 is 0 Å². The highest BCUT2D eigenvalue weighted by molar-refractivity contribution is 5.81. The second-order valence-electron chi connectivity index (χ2n) is 6.62. The van der Waals surface area contributed by atoms with E-state index < -0.39 is 5.41 Å². The highest BCUT2D eigenvalue weighted by atomic mass is 16.5. The Bertz CT molecular complexity index is 504. The third kappa shape index (κ3) is 8.24. The average Bonchev–Trinajstić information content (AvgIpc) is 2.48. The Morgan fingerprint density at radius 2 is 1.70 bits per heavy atom. The quantitative estimate of drug-likeness (QED) is 0.723.